The van der Waals surface area contributed by atoms with E-state index < -0.39 is 11.2 Å². The van der Waals surface area contributed by atoms with E-state index in [1.165, 1.54) is 4.90 Å². The van der Waals surface area contributed by atoms with Crippen molar-refractivity contribution in [1.82, 2.24) is 9.97 Å². The Balaban J connectivity index is 2.45. The molecule has 1 aromatic heterocycles. The highest BCUT2D eigenvalue weighted by atomic mass is 35.5. The van der Waals surface area contributed by atoms with E-state index >= 15 is 0 Å². The zero-order valence-electron chi connectivity index (χ0n) is 9.25. The van der Waals surface area contributed by atoms with Crippen LogP contribution >= 0.6 is 11.6 Å². The molecule has 1 saturated heterocycles. The third-order valence-corrected chi connectivity index (χ3v) is 3.23. The topological polar surface area (TPSA) is 86.0 Å². The Morgan fingerprint density at radius 1 is 1.35 bits per heavy atom. The molecule has 7 heteroatoms. The fourth-order valence-corrected chi connectivity index (χ4v) is 2.23. The standard InChI is InChI=1S/C10H12ClN3O3/c1-5-8(9(16)13-10(17)12-5)14-4-6(3-11)2-7(14)15/h6H,2-4H2,1H3,(H2,12,13,16,17). The fraction of sp³-hybridized carbons (Fsp3) is 0.500. The summed E-state index contributed by atoms with van der Waals surface area (Å²) in [5.74, 6) is 0.286. The van der Waals surface area contributed by atoms with E-state index in [0.29, 0.717) is 24.5 Å². The van der Waals surface area contributed by atoms with Crippen molar-refractivity contribution in [2.24, 2.45) is 5.92 Å². The van der Waals surface area contributed by atoms with Crippen LogP contribution in [0.3, 0.4) is 0 Å². The van der Waals surface area contributed by atoms with Crippen LogP contribution in [0.2, 0.25) is 0 Å². The molecule has 0 spiro atoms. The molecule has 1 amide bonds. The van der Waals surface area contributed by atoms with Crippen molar-refractivity contribution in [2.75, 3.05) is 17.3 Å². The Morgan fingerprint density at radius 2 is 2.06 bits per heavy atom. The lowest BCUT2D eigenvalue weighted by atomic mass is 10.1. The smallest absolute Gasteiger partial charge is 0.309 e. The molecule has 2 heterocycles. The average molecular weight is 258 g/mol. The molecule has 17 heavy (non-hydrogen) atoms. The van der Waals surface area contributed by atoms with Gasteiger partial charge in [-0.25, -0.2) is 4.79 Å². The number of rotatable bonds is 2. The van der Waals surface area contributed by atoms with Crippen molar-refractivity contribution in [2.45, 2.75) is 13.3 Å². The summed E-state index contributed by atoms with van der Waals surface area (Å²) >= 11 is 5.71. The van der Waals surface area contributed by atoms with Gasteiger partial charge in [0, 0.05) is 24.5 Å². The number of hydrogen-bond acceptors (Lipinski definition) is 3. The number of carbonyl (C=O) groups excluding carboxylic acids is 1. The molecule has 0 radical (unpaired) electrons. The fourth-order valence-electron chi connectivity index (χ4n) is 2.02. The largest absolute Gasteiger partial charge is 0.326 e. The summed E-state index contributed by atoms with van der Waals surface area (Å²) in [5, 5.41) is 0. The summed E-state index contributed by atoms with van der Waals surface area (Å²) in [4.78, 5) is 40.5. The molecule has 6 nitrogen and oxygen atoms in total. The van der Waals surface area contributed by atoms with Crippen LogP contribution < -0.4 is 16.1 Å². The van der Waals surface area contributed by atoms with Crippen molar-refractivity contribution in [3.63, 3.8) is 0 Å². The Hall–Kier alpha value is -1.56. The van der Waals surface area contributed by atoms with Gasteiger partial charge in [-0.2, -0.15) is 0 Å². The number of halogens is 1. The molecule has 0 saturated carbocycles. The van der Waals surface area contributed by atoms with Crippen molar-refractivity contribution in [3.8, 4) is 0 Å². The molecule has 2 N–H and O–H groups in total. The average Bonchev–Trinajstić information content (AvgIpc) is 2.59. The number of amides is 1. The molecule has 0 aromatic carbocycles. The second kappa shape index (κ2) is 4.37. The van der Waals surface area contributed by atoms with Crippen LogP contribution in [0.5, 0.6) is 0 Å². The molecule has 1 aliphatic heterocycles. The molecule has 0 aliphatic carbocycles. The maximum atomic E-state index is 11.8. The number of aryl methyl sites for hydroxylation is 1. The number of hydrogen-bond donors (Lipinski definition) is 2. The van der Waals surface area contributed by atoms with Crippen LogP contribution in [-0.4, -0.2) is 28.3 Å². The number of nitrogens with one attached hydrogen (secondary N) is 2. The molecular formula is C10H12ClN3O3. The minimum Gasteiger partial charge on any atom is -0.309 e. The minimum absolute atomic E-state index is 0.0508. The van der Waals surface area contributed by atoms with E-state index in [9.17, 15) is 14.4 Å². The zero-order chi connectivity index (χ0) is 12.6. The summed E-state index contributed by atoms with van der Waals surface area (Å²) in [7, 11) is 0. The Kier molecular flexibility index (Phi) is 3.06. The summed E-state index contributed by atoms with van der Waals surface area (Å²) in [6, 6.07) is 0. The van der Waals surface area contributed by atoms with Crippen LogP contribution in [0.4, 0.5) is 5.69 Å². The van der Waals surface area contributed by atoms with Crippen molar-refractivity contribution in [1.29, 1.82) is 0 Å². The molecule has 1 aliphatic rings. The van der Waals surface area contributed by atoms with Gasteiger partial charge in [-0.1, -0.05) is 0 Å². The second-order valence-corrected chi connectivity index (χ2v) is 4.42. The Morgan fingerprint density at radius 3 is 2.59 bits per heavy atom. The first-order chi connectivity index (χ1) is 8.02. The summed E-state index contributed by atoms with van der Waals surface area (Å²) in [6.45, 7) is 2.01. The first kappa shape index (κ1) is 11.9. The normalized spacial score (nSPS) is 20.0. The molecule has 1 unspecified atom stereocenters. The Bertz CT molecular complexity index is 563. The highest BCUT2D eigenvalue weighted by Gasteiger charge is 2.32. The van der Waals surface area contributed by atoms with Crippen LogP contribution in [0.25, 0.3) is 0 Å². The highest BCUT2D eigenvalue weighted by molar-refractivity contribution is 6.18. The molecule has 92 valence electrons. The molecule has 1 atom stereocenters. The number of anilines is 1. The minimum atomic E-state index is -0.572. The summed E-state index contributed by atoms with van der Waals surface area (Å²) < 4.78 is 0. The lowest BCUT2D eigenvalue weighted by Gasteiger charge is -2.16. The van der Waals surface area contributed by atoms with Gasteiger partial charge < -0.3 is 9.88 Å². The predicted molar refractivity (Wildman–Crippen MR) is 63.6 cm³/mol. The van der Waals surface area contributed by atoms with Crippen LogP contribution in [-0.2, 0) is 4.79 Å². The van der Waals surface area contributed by atoms with Gasteiger partial charge in [0.25, 0.3) is 5.56 Å². The molecular weight excluding hydrogens is 246 g/mol. The first-order valence-electron chi connectivity index (χ1n) is 5.22. The number of aromatic nitrogens is 2. The third-order valence-electron chi connectivity index (χ3n) is 2.79. The van der Waals surface area contributed by atoms with Crippen molar-refractivity contribution in [3.05, 3.63) is 26.5 Å². The Labute approximate surface area is 102 Å². The number of alkyl halides is 1. The summed E-state index contributed by atoms with van der Waals surface area (Å²) in [6.07, 6.45) is 0.335. The van der Waals surface area contributed by atoms with Crippen LogP contribution in [0.1, 0.15) is 12.1 Å². The lowest BCUT2D eigenvalue weighted by Crippen LogP contribution is -2.35. The first-order valence-corrected chi connectivity index (χ1v) is 5.76. The molecule has 1 fully saturated rings. The van der Waals surface area contributed by atoms with Gasteiger partial charge >= 0.3 is 5.69 Å². The quantitative estimate of drug-likeness (QED) is 0.729. The number of nitrogens with zero attached hydrogens (tertiary/aromatic N) is 1. The van der Waals surface area contributed by atoms with E-state index in [2.05, 4.69) is 9.97 Å². The van der Waals surface area contributed by atoms with E-state index in [1.807, 2.05) is 0 Å². The van der Waals surface area contributed by atoms with Gasteiger partial charge in [0.1, 0.15) is 5.69 Å². The van der Waals surface area contributed by atoms with Gasteiger partial charge in [-0.05, 0) is 12.8 Å². The molecule has 0 bridgehead atoms. The third kappa shape index (κ3) is 2.12. The molecule has 1 aromatic rings. The van der Waals surface area contributed by atoms with E-state index in [4.69, 9.17) is 11.6 Å². The SMILES string of the molecule is Cc1[nH]c(=O)[nH]c(=O)c1N1CC(CCl)CC1=O. The van der Waals surface area contributed by atoms with Gasteiger partial charge in [0.2, 0.25) is 5.91 Å². The van der Waals surface area contributed by atoms with E-state index in [-0.39, 0.29) is 17.5 Å². The van der Waals surface area contributed by atoms with Crippen molar-refractivity contribution >= 4 is 23.2 Å². The highest BCUT2D eigenvalue weighted by Crippen LogP contribution is 2.24. The van der Waals surface area contributed by atoms with Gasteiger partial charge in [-0.15, -0.1) is 11.6 Å². The van der Waals surface area contributed by atoms with Gasteiger partial charge in [0.15, 0.2) is 0 Å². The maximum Gasteiger partial charge on any atom is 0.326 e. The lowest BCUT2D eigenvalue weighted by molar-refractivity contribution is -0.117. The molecule has 2 rings (SSSR count). The summed E-state index contributed by atoms with van der Waals surface area (Å²) in [5.41, 5.74) is -0.517. The maximum absolute atomic E-state index is 11.8. The monoisotopic (exact) mass is 257 g/mol. The van der Waals surface area contributed by atoms with Crippen LogP contribution in [0.15, 0.2) is 9.59 Å². The van der Waals surface area contributed by atoms with Crippen molar-refractivity contribution < 1.29 is 4.79 Å². The van der Waals surface area contributed by atoms with E-state index in [1.54, 1.807) is 6.92 Å². The predicted octanol–water partition coefficient (Wildman–Crippen LogP) is -0.0367. The second-order valence-electron chi connectivity index (χ2n) is 4.11. The number of H-pyrrole nitrogens is 2. The number of carbonyl (C=O) groups is 1. The van der Waals surface area contributed by atoms with Gasteiger partial charge in [-0.3, -0.25) is 14.6 Å². The van der Waals surface area contributed by atoms with Crippen LogP contribution in [0, 0.1) is 12.8 Å². The number of aromatic amines is 2. The van der Waals surface area contributed by atoms with E-state index in [0.717, 1.165) is 0 Å². The van der Waals surface area contributed by atoms with Gasteiger partial charge in [0.05, 0.1) is 0 Å². The zero-order valence-corrected chi connectivity index (χ0v) is 10.0.